The fourth-order valence-electron chi connectivity index (χ4n) is 1.89. The second kappa shape index (κ2) is 7.92. The van der Waals surface area contributed by atoms with Gasteiger partial charge in [0.2, 0.25) is 11.7 Å². The zero-order valence-electron chi connectivity index (χ0n) is 13.8. The van der Waals surface area contributed by atoms with E-state index in [0.29, 0.717) is 11.4 Å². The largest absolute Gasteiger partial charge is 0.447 e. The van der Waals surface area contributed by atoms with Crippen molar-refractivity contribution in [3.05, 3.63) is 52.3 Å². The second-order valence-electron chi connectivity index (χ2n) is 5.19. The number of carbonyl (C=O) groups is 3. The summed E-state index contributed by atoms with van der Waals surface area (Å²) in [5, 5.41) is 15.6. The van der Waals surface area contributed by atoms with Crippen LogP contribution in [0.2, 0.25) is 0 Å². The van der Waals surface area contributed by atoms with Crippen LogP contribution in [0, 0.1) is 10.1 Å². The predicted octanol–water partition coefficient (Wildman–Crippen LogP) is 2.33. The predicted molar refractivity (Wildman–Crippen MR) is 89.6 cm³/mol. The standard InChI is InChI=1S/C16H15N3O7/c1-9(25-16(22)13-7-8-14(26-13)19(23)24)15(21)18-12-5-3-11(4-6-12)17-10(2)20/h3-9H,1-2H3,(H,17,20)(H,18,21)/t9-/m0/s1. The van der Waals surface area contributed by atoms with E-state index in [4.69, 9.17) is 9.15 Å². The summed E-state index contributed by atoms with van der Waals surface area (Å²) in [5.74, 6) is -2.81. The van der Waals surface area contributed by atoms with Crippen LogP contribution < -0.4 is 10.6 Å². The van der Waals surface area contributed by atoms with Gasteiger partial charge in [0, 0.05) is 18.3 Å². The molecule has 2 N–H and O–H groups in total. The maximum Gasteiger partial charge on any atom is 0.433 e. The molecule has 0 fully saturated rings. The number of amides is 2. The van der Waals surface area contributed by atoms with Crippen LogP contribution in [0.15, 0.2) is 40.8 Å². The minimum atomic E-state index is -1.17. The molecule has 1 atom stereocenters. The first-order chi connectivity index (χ1) is 12.3. The molecule has 0 aliphatic carbocycles. The Morgan fingerprint density at radius 2 is 1.65 bits per heavy atom. The van der Waals surface area contributed by atoms with Crippen molar-refractivity contribution in [1.29, 1.82) is 0 Å². The lowest BCUT2D eigenvalue weighted by Crippen LogP contribution is -2.29. The SMILES string of the molecule is CC(=O)Nc1ccc(NC(=O)[C@H](C)OC(=O)c2ccc([N+](=O)[O-])o2)cc1. The van der Waals surface area contributed by atoms with Crippen molar-refractivity contribution in [3.8, 4) is 0 Å². The molecule has 0 aliphatic heterocycles. The van der Waals surface area contributed by atoms with Crippen LogP contribution in [0.1, 0.15) is 24.4 Å². The first-order valence-electron chi connectivity index (χ1n) is 7.40. The number of esters is 1. The number of hydrogen-bond donors (Lipinski definition) is 2. The van der Waals surface area contributed by atoms with Gasteiger partial charge in [-0.2, -0.15) is 0 Å². The minimum Gasteiger partial charge on any atom is -0.447 e. The first-order valence-corrected chi connectivity index (χ1v) is 7.40. The molecule has 0 saturated heterocycles. The van der Waals surface area contributed by atoms with E-state index in [1.165, 1.54) is 13.8 Å². The summed E-state index contributed by atoms with van der Waals surface area (Å²) in [6.45, 7) is 2.72. The Hall–Kier alpha value is -3.69. The number of nitrogens with one attached hydrogen (secondary N) is 2. The maximum absolute atomic E-state index is 12.1. The van der Waals surface area contributed by atoms with E-state index >= 15 is 0 Å². The second-order valence-corrected chi connectivity index (χ2v) is 5.19. The lowest BCUT2D eigenvalue weighted by atomic mass is 10.2. The van der Waals surface area contributed by atoms with Gasteiger partial charge in [-0.3, -0.25) is 19.7 Å². The quantitative estimate of drug-likeness (QED) is 0.457. The van der Waals surface area contributed by atoms with Crippen molar-refractivity contribution in [2.75, 3.05) is 10.6 Å². The molecule has 0 unspecified atom stereocenters. The van der Waals surface area contributed by atoms with Crippen molar-refractivity contribution in [2.24, 2.45) is 0 Å². The van der Waals surface area contributed by atoms with Gasteiger partial charge in [-0.1, -0.05) is 0 Å². The Balaban J connectivity index is 1.93. The number of nitrogens with zero attached hydrogens (tertiary/aromatic N) is 1. The van der Waals surface area contributed by atoms with Gasteiger partial charge in [0.25, 0.3) is 5.91 Å². The van der Waals surface area contributed by atoms with E-state index in [2.05, 4.69) is 10.6 Å². The number of anilines is 2. The van der Waals surface area contributed by atoms with E-state index in [1.54, 1.807) is 24.3 Å². The maximum atomic E-state index is 12.1. The summed E-state index contributed by atoms with van der Waals surface area (Å²) in [6.07, 6.45) is -1.17. The summed E-state index contributed by atoms with van der Waals surface area (Å²) >= 11 is 0. The number of ether oxygens (including phenoxy) is 1. The van der Waals surface area contributed by atoms with Crippen molar-refractivity contribution < 1.29 is 28.5 Å². The monoisotopic (exact) mass is 361 g/mol. The van der Waals surface area contributed by atoms with E-state index in [9.17, 15) is 24.5 Å². The van der Waals surface area contributed by atoms with Crippen molar-refractivity contribution in [3.63, 3.8) is 0 Å². The summed E-state index contributed by atoms with van der Waals surface area (Å²) in [5.41, 5.74) is 0.995. The summed E-state index contributed by atoms with van der Waals surface area (Å²) in [6, 6.07) is 8.41. The van der Waals surface area contributed by atoms with Gasteiger partial charge in [-0.05, 0) is 37.3 Å². The molecule has 0 bridgehead atoms. The lowest BCUT2D eigenvalue weighted by Gasteiger charge is -2.13. The number of nitro groups is 1. The summed E-state index contributed by atoms with van der Waals surface area (Å²) < 4.78 is 9.63. The molecule has 1 aromatic carbocycles. The summed E-state index contributed by atoms with van der Waals surface area (Å²) in [4.78, 5) is 44.6. The molecule has 136 valence electrons. The van der Waals surface area contributed by atoms with E-state index in [1.807, 2.05) is 0 Å². The molecular weight excluding hydrogens is 346 g/mol. The van der Waals surface area contributed by atoms with Gasteiger partial charge >= 0.3 is 11.9 Å². The van der Waals surface area contributed by atoms with Gasteiger partial charge in [-0.15, -0.1) is 0 Å². The van der Waals surface area contributed by atoms with Crippen LogP contribution in [-0.4, -0.2) is 28.8 Å². The minimum absolute atomic E-state index is 0.222. The first kappa shape index (κ1) is 18.6. The molecule has 2 aromatic rings. The third-order valence-corrected chi connectivity index (χ3v) is 3.10. The Bertz CT molecular complexity index is 842. The Morgan fingerprint density at radius 3 is 2.15 bits per heavy atom. The molecule has 1 heterocycles. The smallest absolute Gasteiger partial charge is 0.433 e. The molecule has 10 heteroatoms. The highest BCUT2D eigenvalue weighted by atomic mass is 16.7. The molecule has 0 aliphatic rings. The Labute approximate surface area is 147 Å². The highest BCUT2D eigenvalue weighted by Crippen LogP contribution is 2.18. The highest BCUT2D eigenvalue weighted by Gasteiger charge is 2.23. The third-order valence-electron chi connectivity index (χ3n) is 3.10. The van der Waals surface area contributed by atoms with Crippen molar-refractivity contribution in [1.82, 2.24) is 0 Å². The molecular formula is C16H15N3O7. The lowest BCUT2D eigenvalue weighted by molar-refractivity contribution is -0.402. The topological polar surface area (TPSA) is 141 Å². The van der Waals surface area contributed by atoms with Crippen LogP contribution in [0.5, 0.6) is 0 Å². The van der Waals surface area contributed by atoms with Gasteiger partial charge in [0.15, 0.2) is 6.10 Å². The number of carbonyl (C=O) groups excluding carboxylic acids is 3. The van der Waals surface area contributed by atoms with Crippen LogP contribution in [0.3, 0.4) is 0 Å². The molecule has 0 spiro atoms. The van der Waals surface area contributed by atoms with E-state index < -0.39 is 28.8 Å². The average Bonchev–Trinajstić information content (AvgIpc) is 3.06. The molecule has 1 aromatic heterocycles. The molecule has 10 nitrogen and oxygen atoms in total. The van der Waals surface area contributed by atoms with Gasteiger partial charge in [0.1, 0.15) is 4.92 Å². The average molecular weight is 361 g/mol. The zero-order chi connectivity index (χ0) is 19.3. The van der Waals surface area contributed by atoms with Crippen LogP contribution in [-0.2, 0) is 14.3 Å². The molecule has 26 heavy (non-hydrogen) atoms. The van der Waals surface area contributed by atoms with Crippen LogP contribution >= 0.6 is 0 Å². The fraction of sp³-hybridized carbons (Fsp3) is 0.188. The number of benzene rings is 1. The van der Waals surface area contributed by atoms with Gasteiger partial charge < -0.3 is 19.8 Å². The van der Waals surface area contributed by atoms with E-state index in [-0.39, 0.29) is 11.7 Å². The van der Waals surface area contributed by atoms with Crippen molar-refractivity contribution in [2.45, 2.75) is 20.0 Å². The van der Waals surface area contributed by atoms with Gasteiger partial charge in [-0.25, -0.2) is 4.79 Å². The fourth-order valence-corrected chi connectivity index (χ4v) is 1.89. The molecule has 0 radical (unpaired) electrons. The third kappa shape index (κ3) is 4.90. The van der Waals surface area contributed by atoms with Crippen molar-refractivity contribution >= 4 is 35.0 Å². The van der Waals surface area contributed by atoms with Gasteiger partial charge in [0.05, 0.1) is 6.07 Å². The molecule has 0 saturated carbocycles. The number of furan rings is 1. The molecule has 2 rings (SSSR count). The zero-order valence-corrected chi connectivity index (χ0v) is 13.8. The normalized spacial score (nSPS) is 11.3. The van der Waals surface area contributed by atoms with Crippen LogP contribution in [0.25, 0.3) is 0 Å². The van der Waals surface area contributed by atoms with E-state index in [0.717, 1.165) is 12.1 Å². The Kier molecular flexibility index (Phi) is 5.68. The number of rotatable bonds is 6. The Morgan fingerprint density at radius 1 is 1.08 bits per heavy atom. The highest BCUT2D eigenvalue weighted by molar-refractivity contribution is 5.97. The summed E-state index contributed by atoms with van der Waals surface area (Å²) in [7, 11) is 0. The van der Waals surface area contributed by atoms with Crippen LogP contribution in [0.4, 0.5) is 17.3 Å². The molecule has 2 amide bonds. The number of hydrogen-bond acceptors (Lipinski definition) is 7.